The van der Waals surface area contributed by atoms with Crippen molar-refractivity contribution in [3.05, 3.63) is 78.8 Å². The second-order valence-electron chi connectivity index (χ2n) is 9.11. The highest BCUT2D eigenvalue weighted by Crippen LogP contribution is 2.35. The van der Waals surface area contributed by atoms with Gasteiger partial charge in [-0.15, -0.1) is 0 Å². The third-order valence-corrected chi connectivity index (χ3v) is 6.58. The van der Waals surface area contributed by atoms with Gasteiger partial charge in [0.25, 0.3) is 0 Å². The second-order valence-corrected chi connectivity index (χ2v) is 9.11. The SMILES string of the molecule is CNc1ccc(N(C)C)cc1.COc1ccccc1-c1nc(C2CCCN(C=O)C2)n2ccccc12. The number of hydrogen-bond acceptors (Lipinski definition) is 5. The average molecular weight is 486 g/mol. The van der Waals surface area contributed by atoms with Crippen molar-refractivity contribution < 1.29 is 9.53 Å². The summed E-state index contributed by atoms with van der Waals surface area (Å²) in [7, 11) is 7.68. The topological polar surface area (TPSA) is 62.1 Å². The summed E-state index contributed by atoms with van der Waals surface area (Å²) >= 11 is 0. The Labute approximate surface area is 213 Å². The lowest BCUT2D eigenvalue weighted by Crippen LogP contribution is -2.33. The molecule has 0 bridgehead atoms. The summed E-state index contributed by atoms with van der Waals surface area (Å²) in [5, 5.41) is 3.07. The van der Waals surface area contributed by atoms with Crippen molar-refractivity contribution in [3.8, 4) is 17.0 Å². The number of rotatable bonds is 6. The van der Waals surface area contributed by atoms with Gasteiger partial charge in [-0.3, -0.25) is 4.79 Å². The van der Waals surface area contributed by atoms with Gasteiger partial charge in [0.15, 0.2) is 0 Å². The van der Waals surface area contributed by atoms with Crippen molar-refractivity contribution in [1.29, 1.82) is 0 Å². The molecule has 5 rings (SSSR count). The van der Waals surface area contributed by atoms with Crippen LogP contribution >= 0.6 is 0 Å². The zero-order chi connectivity index (χ0) is 25.5. The Hall–Kier alpha value is -4.00. The molecule has 1 atom stereocenters. The maximum atomic E-state index is 11.2. The minimum absolute atomic E-state index is 0.248. The van der Waals surface area contributed by atoms with E-state index in [1.165, 1.54) is 5.69 Å². The first kappa shape index (κ1) is 25.1. The number of pyridine rings is 1. The Morgan fingerprint density at radius 2 is 1.81 bits per heavy atom. The molecule has 0 radical (unpaired) electrons. The zero-order valence-corrected chi connectivity index (χ0v) is 21.5. The van der Waals surface area contributed by atoms with Crippen LogP contribution in [-0.4, -0.2) is 62.0 Å². The number of aromatic nitrogens is 2. The van der Waals surface area contributed by atoms with Crippen LogP contribution < -0.4 is 15.0 Å². The van der Waals surface area contributed by atoms with E-state index in [1.807, 2.05) is 62.4 Å². The summed E-state index contributed by atoms with van der Waals surface area (Å²) in [6, 6.07) is 22.4. The third-order valence-electron chi connectivity index (χ3n) is 6.58. The Balaban J connectivity index is 0.000000233. The molecule has 1 aliphatic heterocycles. The molecule has 188 valence electrons. The van der Waals surface area contributed by atoms with Crippen LogP contribution in [0.15, 0.2) is 72.9 Å². The summed E-state index contributed by atoms with van der Waals surface area (Å²) in [4.78, 5) is 20.1. The predicted molar refractivity (Wildman–Crippen MR) is 147 cm³/mol. The van der Waals surface area contributed by atoms with Crippen LogP contribution in [0.2, 0.25) is 0 Å². The number of nitrogens with one attached hydrogen (secondary N) is 1. The molecule has 3 heterocycles. The number of nitrogens with zero attached hydrogens (tertiary/aromatic N) is 4. The van der Waals surface area contributed by atoms with Gasteiger partial charge in [-0.1, -0.05) is 18.2 Å². The molecule has 1 saturated heterocycles. The maximum Gasteiger partial charge on any atom is 0.209 e. The molecule has 1 amide bonds. The van der Waals surface area contributed by atoms with Crippen LogP contribution in [0.3, 0.4) is 0 Å². The third kappa shape index (κ3) is 5.46. The number of methoxy groups -OCH3 is 1. The smallest absolute Gasteiger partial charge is 0.209 e. The largest absolute Gasteiger partial charge is 0.496 e. The first-order valence-corrected chi connectivity index (χ1v) is 12.3. The molecule has 1 unspecified atom stereocenters. The number of benzene rings is 2. The van der Waals surface area contributed by atoms with E-state index in [1.54, 1.807) is 7.11 Å². The highest BCUT2D eigenvalue weighted by Gasteiger charge is 2.26. The van der Waals surface area contributed by atoms with Gasteiger partial charge >= 0.3 is 0 Å². The van der Waals surface area contributed by atoms with Crippen LogP contribution in [0, 0.1) is 0 Å². The van der Waals surface area contributed by atoms with E-state index in [0.717, 1.165) is 66.4 Å². The Morgan fingerprint density at radius 1 is 1.06 bits per heavy atom. The van der Waals surface area contributed by atoms with Crippen molar-refractivity contribution in [3.63, 3.8) is 0 Å². The molecule has 1 N–H and O–H groups in total. The van der Waals surface area contributed by atoms with Crippen LogP contribution in [-0.2, 0) is 4.79 Å². The first-order valence-electron chi connectivity index (χ1n) is 12.3. The van der Waals surface area contributed by atoms with E-state index >= 15 is 0 Å². The molecule has 4 aromatic rings. The average Bonchev–Trinajstić information content (AvgIpc) is 3.33. The molecule has 2 aromatic heterocycles. The van der Waals surface area contributed by atoms with Gasteiger partial charge in [0.05, 0.1) is 12.6 Å². The summed E-state index contributed by atoms with van der Waals surface area (Å²) in [6.07, 6.45) is 5.05. The number of ether oxygens (including phenoxy) is 1. The molecule has 1 aliphatic rings. The normalized spacial score (nSPS) is 15.1. The number of carbonyl (C=O) groups is 1. The molecular formula is C29H35N5O2. The van der Waals surface area contributed by atoms with Gasteiger partial charge in [0, 0.05) is 63.3 Å². The highest BCUT2D eigenvalue weighted by atomic mass is 16.5. The van der Waals surface area contributed by atoms with Crippen LogP contribution in [0.5, 0.6) is 5.75 Å². The molecule has 0 aliphatic carbocycles. The van der Waals surface area contributed by atoms with Crippen molar-refractivity contribution in [2.45, 2.75) is 18.8 Å². The summed E-state index contributed by atoms with van der Waals surface area (Å²) in [6.45, 7) is 1.56. The summed E-state index contributed by atoms with van der Waals surface area (Å²) in [5.41, 5.74) is 5.35. The molecule has 7 nitrogen and oxygen atoms in total. The molecule has 36 heavy (non-hydrogen) atoms. The minimum Gasteiger partial charge on any atom is -0.496 e. The van der Waals surface area contributed by atoms with Gasteiger partial charge in [0.2, 0.25) is 6.41 Å². The Morgan fingerprint density at radius 3 is 2.50 bits per heavy atom. The molecule has 2 aromatic carbocycles. The number of fused-ring (bicyclic) bond motifs is 1. The van der Waals surface area contributed by atoms with Gasteiger partial charge in [-0.05, 0) is 61.4 Å². The molecule has 0 spiro atoms. The van der Waals surface area contributed by atoms with Crippen molar-refractivity contribution in [2.24, 2.45) is 0 Å². The maximum absolute atomic E-state index is 11.2. The van der Waals surface area contributed by atoms with Crippen LogP contribution in [0.4, 0.5) is 11.4 Å². The number of imidazole rings is 1. The minimum atomic E-state index is 0.248. The lowest BCUT2D eigenvalue weighted by molar-refractivity contribution is -0.119. The van der Waals surface area contributed by atoms with E-state index in [0.29, 0.717) is 0 Å². The molecule has 7 heteroatoms. The fourth-order valence-electron chi connectivity index (χ4n) is 4.63. The zero-order valence-electron chi connectivity index (χ0n) is 21.5. The van der Waals surface area contributed by atoms with E-state index in [4.69, 9.17) is 9.72 Å². The number of amides is 1. The number of hydrogen-bond donors (Lipinski definition) is 1. The summed E-state index contributed by atoms with van der Waals surface area (Å²) < 4.78 is 7.69. The number of piperidine rings is 1. The number of likely N-dealkylation sites (tertiary alicyclic amines) is 1. The number of carbonyl (C=O) groups excluding carboxylic acids is 1. The van der Waals surface area contributed by atoms with E-state index in [2.05, 4.69) is 51.1 Å². The first-order chi connectivity index (χ1) is 17.5. The van der Waals surface area contributed by atoms with Gasteiger partial charge in [-0.2, -0.15) is 0 Å². The molecule has 1 fully saturated rings. The standard InChI is InChI=1S/C20H21N3O2.C9H14N2/c1-25-18-10-3-2-8-16(18)19-17-9-4-5-12-23(17)20(21-19)15-7-6-11-22(13-15)14-24;1-10-8-4-6-9(7-5-8)11(2)3/h2-5,8-10,12,14-15H,6-7,11,13H2,1H3;4-7,10H,1-3H3. The number of anilines is 2. The quantitative estimate of drug-likeness (QED) is 0.383. The van der Waals surface area contributed by atoms with Crippen molar-refractivity contribution >= 4 is 23.3 Å². The van der Waals surface area contributed by atoms with Crippen molar-refractivity contribution in [2.75, 3.05) is 51.6 Å². The summed E-state index contributed by atoms with van der Waals surface area (Å²) in [5.74, 6) is 2.08. The van der Waals surface area contributed by atoms with E-state index < -0.39 is 0 Å². The molecular weight excluding hydrogens is 450 g/mol. The van der Waals surface area contributed by atoms with Gasteiger partial charge in [0.1, 0.15) is 17.3 Å². The fraction of sp³-hybridized carbons (Fsp3) is 0.310. The molecule has 0 saturated carbocycles. The van der Waals surface area contributed by atoms with Gasteiger partial charge < -0.3 is 24.3 Å². The second kappa shape index (κ2) is 11.6. The lowest BCUT2D eigenvalue weighted by atomic mass is 9.97. The van der Waals surface area contributed by atoms with Gasteiger partial charge in [-0.25, -0.2) is 4.98 Å². The predicted octanol–water partition coefficient (Wildman–Crippen LogP) is 5.14. The monoisotopic (exact) mass is 485 g/mol. The van der Waals surface area contributed by atoms with E-state index in [-0.39, 0.29) is 5.92 Å². The Kier molecular flexibility index (Phi) is 8.10. The van der Waals surface area contributed by atoms with E-state index in [9.17, 15) is 4.79 Å². The van der Waals surface area contributed by atoms with Crippen LogP contribution in [0.25, 0.3) is 16.8 Å². The fourth-order valence-corrected chi connectivity index (χ4v) is 4.63. The lowest BCUT2D eigenvalue weighted by Gasteiger charge is -2.29. The Bertz CT molecular complexity index is 1280. The highest BCUT2D eigenvalue weighted by molar-refractivity contribution is 5.81. The van der Waals surface area contributed by atoms with Crippen LogP contribution in [0.1, 0.15) is 24.6 Å². The van der Waals surface area contributed by atoms with Crippen molar-refractivity contribution in [1.82, 2.24) is 14.3 Å². The number of para-hydroxylation sites is 1.